The summed E-state index contributed by atoms with van der Waals surface area (Å²) in [5.74, 6) is 0. The van der Waals surface area contributed by atoms with E-state index in [0.29, 0.717) is 6.61 Å². The van der Waals surface area contributed by atoms with Crippen molar-refractivity contribution in [1.82, 2.24) is 5.32 Å². The van der Waals surface area contributed by atoms with E-state index in [1.54, 1.807) is 6.08 Å². The smallest absolute Gasteiger partial charge is 0.312 e. The maximum Gasteiger partial charge on any atom is 0.312 e. The van der Waals surface area contributed by atoms with Crippen LogP contribution in [0.2, 0.25) is 0 Å². The highest BCUT2D eigenvalue weighted by molar-refractivity contribution is 5.71. The number of ether oxygens (including phenoxy) is 1. The normalized spacial score (nSPS) is 12.1. The van der Waals surface area contributed by atoms with Crippen molar-refractivity contribution in [3.05, 3.63) is 12.7 Å². The number of hydrogen-bond acceptors (Lipinski definition) is 3. The number of hydrogen-bond donors (Lipinski definition) is 3. The quantitative estimate of drug-likeness (QED) is 0.364. The van der Waals surface area contributed by atoms with Crippen LogP contribution in [0, 0.1) is 0 Å². The Kier molecular flexibility index (Phi) is 6.04. The molecule has 12 heavy (non-hydrogen) atoms. The summed E-state index contributed by atoms with van der Waals surface area (Å²) >= 11 is 0. The molecule has 0 aromatic carbocycles. The number of urea groups is 1. The first-order valence-electron chi connectivity index (χ1n) is 3.56. The van der Waals surface area contributed by atoms with Crippen LogP contribution < -0.4 is 11.1 Å². The first-order valence-corrected chi connectivity index (χ1v) is 3.56. The highest BCUT2D eigenvalue weighted by atomic mass is 16.5. The molecule has 0 rings (SSSR count). The van der Waals surface area contributed by atoms with Crippen LogP contribution in [0.25, 0.3) is 0 Å². The van der Waals surface area contributed by atoms with Crippen molar-refractivity contribution >= 4 is 6.03 Å². The van der Waals surface area contributed by atoms with Crippen molar-refractivity contribution in [3.8, 4) is 0 Å². The molecule has 0 aromatic heterocycles. The molecular formula is C7H14N2O3. The minimum absolute atomic E-state index is 0.104. The van der Waals surface area contributed by atoms with Gasteiger partial charge in [-0.1, -0.05) is 6.08 Å². The second-order valence-electron chi connectivity index (χ2n) is 2.23. The Bertz CT molecular complexity index is 150. The van der Waals surface area contributed by atoms with Gasteiger partial charge in [-0.3, -0.25) is 0 Å². The fourth-order valence-corrected chi connectivity index (χ4v) is 0.565. The third kappa shape index (κ3) is 7.04. The summed E-state index contributed by atoms with van der Waals surface area (Å²) in [5, 5.41) is 11.4. The molecule has 5 heteroatoms. The Morgan fingerprint density at radius 1 is 1.83 bits per heavy atom. The van der Waals surface area contributed by atoms with Gasteiger partial charge in [-0.05, 0) is 0 Å². The highest BCUT2D eigenvalue weighted by Gasteiger charge is 2.03. The molecule has 1 atom stereocenters. The molecule has 2 amide bonds. The lowest BCUT2D eigenvalue weighted by atomic mass is 10.4. The first-order chi connectivity index (χ1) is 5.66. The van der Waals surface area contributed by atoms with Gasteiger partial charge in [0.05, 0.1) is 19.3 Å². The summed E-state index contributed by atoms with van der Waals surface area (Å²) in [6.45, 7) is 4.08. The molecule has 0 aromatic rings. The number of carbonyl (C=O) groups excluding carboxylic acids is 1. The third-order valence-corrected chi connectivity index (χ3v) is 1.06. The number of nitrogens with one attached hydrogen (secondary N) is 1. The molecule has 0 fully saturated rings. The number of primary amides is 1. The van der Waals surface area contributed by atoms with Gasteiger partial charge in [-0.25, -0.2) is 4.79 Å². The van der Waals surface area contributed by atoms with Gasteiger partial charge in [-0.15, -0.1) is 6.58 Å². The molecule has 0 spiro atoms. The Labute approximate surface area is 71.2 Å². The van der Waals surface area contributed by atoms with Gasteiger partial charge in [0.15, 0.2) is 0 Å². The van der Waals surface area contributed by atoms with Crippen LogP contribution in [0.15, 0.2) is 12.7 Å². The van der Waals surface area contributed by atoms with E-state index in [0.717, 1.165) is 0 Å². The first kappa shape index (κ1) is 10.9. The van der Waals surface area contributed by atoms with E-state index in [1.807, 2.05) is 0 Å². The average molecular weight is 174 g/mol. The van der Waals surface area contributed by atoms with Gasteiger partial charge in [0.2, 0.25) is 0 Å². The van der Waals surface area contributed by atoms with Crippen LogP contribution in [0.3, 0.4) is 0 Å². The van der Waals surface area contributed by atoms with Crippen molar-refractivity contribution < 1.29 is 14.6 Å². The topological polar surface area (TPSA) is 84.6 Å². The number of aliphatic hydroxyl groups excluding tert-OH is 1. The monoisotopic (exact) mass is 174 g/mol. The third-order valence-electron chi connectivity index (χ3n) is 1.06. The minimum Gasteiger partial charge on any atom is -0.389 e. The molecular weight excluding hydrogens is 160 g/mol. The molecule has 70 valence electrons. The van der Waals surface area contributed by atoms with Gasteiger partial charge in [0.25, 0.3) is 0 Å². The maximum atomic E-state index is 10.2. The van der Waals surface area contributed by atoms with Crippen LogP contribution in [-0.4, -0.2) is 37.0 Å². The SMILES string of the molecule is C=CCOCC(O)CNC(N)=O. The zero-order valence-corrected chi connectivity index (χ0v) is 6.82. The Hall–Kier alpha value is -1.07. The largest absolute Gasteiger partial charge is 0.389 e. The van der Waals surface area contributed by atoms with E-state index in [-0.39, 0.29) is 13.2 Å². The zero-order valence-electron chi connectivity index (χ0n) is 6.82. The molecule has 0 bridgehead atoms. The molecule has 0 aliphatic heterocycles. The molecule has 5 nitrogen and oxygen atoms in total. The summed E-state index contributed by atoms with van der Waals surface area (Å²) in [6.07, 6.45) is 0.853. The molecule has 0 aliphatic rings. The van der Waals surface area contributed by atoms with E-state index in [4.69, 9.17) is 15.6 Å². The van der Waals surface area contributed by atoms with Crippen molar-refractivity contribution in [2.45, 2.75) is 6.10 Å². The van der Waals surface area contributed by atoms with Crippen LogP contribution in [0.5, 0.6) is 0 Å². The standard InChI is InChI=1S/C7H14N2O3/c1-2-3-12-5-6(10)4-9-7(8)11/h2,6,10H,1,3-5H2,(H3,8,9,11). The fourth-order valence-electron chi connectivity index (χ4n) is 0.565. The molecule has 0 heterocycles. The van der Waals surface area contributed by atoms with Crippen LogP contribution >= 0.6 is 0 Å². The minimum atomic E-state index is -0.725. The van der Waals surface area contributed by atoms with Crippen LogP contribution in [0.1, 0.15) is 0 Å². The maximum absolute atomic E-state index is 10.2. The predicted octanol–water partition coefficient (Wildman–Crippen LogP) is -0.782. The lowest BCUT2D eigenvalue weighted by molar-refractivity contribution is 0.0510. The second kappa shape index (κ2) is 6.63. The van der Waals surface area contributed by atoms with Gasteiger partial charge < -0.3 is 20.9 Å². The van der Waals surface area contributed by atoms with E-state index in [2.05, 4.69) is 11.9 Å². The Balaban J connectivity index is 3.26. The van der Waals surface area contributed by atoms with E-state index >= 15 is 0 Å². The summed E-state index contributed by atoms with van der Waals surface area (Å²) in [4.78, 5) is 10.2. The fraction of sp³-hybridized carbons (Fsp3) is 0.571. The van der Waals surface area contributed by atoms with Gasteiger partial charge in [-0.2, -0.15) is 0 Å². The Morgan fingerprint density at radius 3 is 3.00 bits per heavy atom. The van der Waals surface area contributed by atoms with Gasteiger partial charge >= 0.3 is 6.03 Å². The molecule has 0 aliphatic carbocycles. The Morgan fingerprint density at radius 2 is 2.50 bits per heavy atom. The average Bonchev–Trinajstić information content (AvgIpc) is 2.01. The molecule has 0 saturated heterocycles. The van der Waals surface area contributed by atoms with Crippen molar-refractivity contribution in [2.75, 3.05) is 19.8 Å². The summed E-state index contributed by atoms with van der Waals surface area (Å²) in [6, 6.07) is -0.655. The summed E-state index contributed by atoms with van der Waals surface area (Å²) < 4.78 is 4.92. The predicted molar refractivity (Wildman–Crippen MR) is 44.6 cm³/mol. The lowest BCUT2D eigenvalue weighted by Gasteiger charge is -2.09. The van der Waals surface area contributed by atoms with E-state index < -0.39 is 12.1 Å². The second-order valence-corrected chi connectivity index (χ2v) is 2.23. The number of amides is 2. The van der Waals surface area contributed by atoms with Crippen LogP contribution in [0.4, 0.5) is 4.79 Å². The van der Waals surface area contributed by atoms with E-state index in [9.17, 15) is 4.79 Å². The number of nitrogens with two attached hydrogens (primary N) is 1. The molecule has 0 radical (unpaired) electrons. The van der Waals surface area contributed by atoms with Gasteiger partial charge in [0, 0.05) is 6.54 Å². The van der Waals surface area contributed by atoms with Crippen molar-refractivity contribution in [2.24, 2.45) is 5.73 Å². The van der Waals surface area contributed by atoms with Crippen LogP contribution in [-0.2, 0) is 4.74 Å². The van der Waals surface area contributed by atoms with E-state index in [1.165, 1.54) is 0 Å². The van der Waals surface area contributed by atoms with Gasteiger partial charge in [0.1, 0.15) is 0 Å². The summed E-state index contributed by atoms with van der Waals surface area (Å²) in [5.41, 5.74) is 4.78. The molecule has 1 unspecified atom stereocenters. The van der Waals surface area contributed by atoms with Crippen molar-refractivity contribution in [3.63, 3.8) is 0 Å². The summed E-state index contributed by atoms with van der Waals surface area (Å²) in [7, 11) is 0. The number of carbonyl (C=O) groups is 1. The lowest BCUT2D eigenvalue weighted by Crippen LogP contribution is -2.37. The number of aliphatic hydroxyl groups is 1. The molecule has 0 saturated carbocycles. The zero-order chi connectivity index (χ0) is 9.40. The highest BCUT2D eigenvalue weighted by Crippen LogP contribution is 1.83. The molecule has 4 N–H and O–H groups in total. The number of rotatable bonds is 6. The van der Waals surface area contributed by atoms with Crippen molar-refractivity contribution in [1.29, 1.82) is 0 Å².